The van der Waals surface area contributed by atoms with Crippen LogP contribution in [0, 0.1) is 6.92 Å². The van der Waals surface area contributed by atoms with E-state index in [1.165, 1.54) is 4.80 Å². The van der Waals surface area contributed by atoms with E-state index in [2.05, 4.69) is 20.8 Å². The first-order chi connectivity index (χ1) is 21.8. The molecule has 2 fully saturated rings. The van der Waals surface area contributed by atoms with Gasteiger partial charge in [-0.05, 0) is 63.1 Å². The first-order valence-corrected chi connectivity index (χ1v) is 15.7. The molecule has 1 spiro atoms. The van der Waals surface area contributed by atoms with Crippen molar-refractivity contribution in [1.82, 2.24) is 35.4 Å². The van der Waals surface area contributed by atoms with Crippen molar-refractivity contribution >= 4 is 23.8 Å². The molecule has 3 aromatic rings. The molecule has 2 N–H and O–H groups in total. The lowest BCUT2D eigenvalue weighted by molar-refractivity contribution is -0.161. The number of likely N-dealkylation sites (tertiary alicyclic amines) is 1. The maximum atomic E-state index is 13.7. The molecular formula is C33H41N7O5. The van der Waals surface area contributed by atoms with Crippen LogP contribution in [0.25, 0.3) is 5.69 Å². The number of piperidine rings is 1. The number of aromatic nitrogens is 3. The number of para-hydroxylation sites is 1. The Balaban J connectivity index is 1.12. The number of alkyl carbamates (subject to hydrolysis) is 1. The van der Waals surface area contributed by atoms with E-state index in [4.69, 9.17) is 4.74 Å². The predicted molar refractivity (Wildman–Crippen MR) is 166 cm³/mol. The number of ether oxygens (including phenoxy) is 1. The average molecular weight is 616 g/mol. The summed E-state index contributed by atoms with van der Waals surface area (Å²) in [5.74, 6) is -0.487. The second-order valence-electron chi connectivity index (χ2n) is 11.6. The van der Waals surface area contributed by atoms with Gasteiger partial charge in [-0.15, -0.1) is 5.10 Å². The predicted octanol–water partition coefficient (Wildman–Crippen LogP) is 3.38. The number of benzene rings is 2. The standard InChI is InChI=1S/C33H41N7O5/c1-3-20-39-29(41)27(16-10-11-19-34-32(44)45-23-25-12-6-4-7-13-25)35-31(43)33(39)17-21-38(22-18-33)30(42)28-24(2)36-40(37-28)26-14-8-5-9-15-26/h4-9,12-15,27H,3,10-11,16-23H2,1-2H3,(H,34,44)(H,35,43)/t27-/m0/s1. The molecule has 12 nitrogen and oxygen atoms in total. The van der Waals surface area contributed by atoms with Crippen LogP contribution in [0.15, 0.2) is 60.7 Å². The molecule has 0 saturated carbocycles. The third-order valence-corrected chi connectivity index (χ3v) is 8.51. The Morgan fingerprint density at radius 3 is 2.38 bits per heavy atom. The Bertz CT molecular complexity index is 1490. The van der Waals surface area contributed by atoms with Crippen molar-refractivity contribution in [3.05, 3.63) is 77.6 Å². The highest BCUT2D eigenvalue weighted by atomic mass is 16.5. The maximum absolute atomic E-state index is 13.7. The maximum Gasteiger partial charge on any atom is 0.407 e. The molecule has 2 aliphatic heterocycles. The van der Waals surface area contributed by atoms with Crippen LogP contribution < -0.4 is 10.6 Å². The number of amides is 4. The Labute approximate surface area is 263 Å². The number of carbonyl (C=O) groups is 4. The minimum Gasteiger partial charge on any atom is -0.445 e. The Hall–Kier alpha value is -4.74. The lowest BCUT2D eigenvalue weighted by Gasteiger charge is -2.51. The summed E-state index contributed by atoms with van der Waals surface area (Å²) in [5, 5.41) is 14.6. The molecule has 4 amide bonds. The van der Waals surface area contributed by atoms with E-state index in [9.17, 15) is 19.2 Å². The van der Waals surface area contributed by atoms with Crippen LogP contribution in [0.2, 0.25) is 0 Å². The first kappa shape index (κ1) is 31.7. The second kappa shape index (κ2) is 14.4. The number of nitrogens with zero attached hydrogens (tertiary/aromatic N) is 5. The third-order valence-electron chi connectivity index (χ3n) is 8.51. The van der Waals surface area contributed by atoms with Gasteiger partial charge in [0.25, 0.3) is 5.91 Å². The van der Waals surface area contributed by atoms with E-state index < -0.39 is 17.7 Å². The minimum atomic E-state index is -0.985. The van der Waals surface area contributed by atoms with Crippen LogP contribution in [0.1, 0.15) is 67.2 Å². The number of piperazine rings is 1. The summed E-state index contributed by atoms with van der Waals surface area (Å²) in [7, 11) is 0. The highest BCUT2D eigenvalue weighted by Gasteiger charge is 2.53. The SMILES string of the molecule is CCCN1C(=O)[C@H](CCCCNC(=O)OCc2ccccc2)NC(=O)C12CCN(C(=O)c1nn(-c3ccccc3)nc1C)CC2. The Morgan fingerprint density at radius 1 is 1.00 bits per heavy atom. The zero-order chi connectivity index (χ0) is 31.8. The summed E-state index contributed by atoms with van der Waals surface area (Å²) in [4.78, 5) is 57.7. The van der Waals surface area contributed by atoms with Crippen molar-refractivity contribution in [2.24, 2.45) is 0 Å². The topological polar surface area (TPSA) is 139 Å². The summed E-state index contributed by atoms with van der Waals surface area (Å²) in [6.45, 7) is 5.48. The van der Waals surface area contributed by atoms with Gasteiger partial charge in [-0.2, -0.15) is 9.90 Å². The van der Waals surface area contributed by atoms with Crippen LogP contribution in [0.4, 0.5) is 4.79 Å². The van der Waals surface area contributed by atoms with Gasteiger partial charge in [0.15, 0.2) is 5.69 Å². The fourth-order valence-electron chi connectivity index (χ4n) is 6.04. The Morgan fingerprint density at radius 2 is 1.69 bits per heavy atom. The van der Waals surface area contributed by atoms with Gasteiger partial charge >= 0.3 is 6.09 Å². The number of aryl methyl sites for hydroxylation is 1. The first-order valence-electron chi connectivity index (χ1n) is 15.7. The van der Waals surface area contributed by atoms with Crippen molar-refractivity contribution in [3.63, 3.8) is 0 Å². The molecule has 2 saturated heterocycles. The van der Waals surface area contributed by atoms with Crippen LogP contribution >= 0.6 is 0 Å². The quantitative estimate of drug-likeness (QED) is 0.316. The van der Waals surface area contributed by atoms with E-state index in [-0.39, 0.29) is 30.0 Å². The minimum absolute atomic E-state index is 0.0897. The fourth-order valence-corrected chi connectivity index (χ4v) is 6.04. The molecule has 0 unspecified atom stereocenters. The van der Waals surface area contributed by atoms with Gasteiger partial charge in [0.2, 0.25) is 11.8 Å². The van der Waals surface area contributed by atoms with Gasteiger partial charge in [-0.3, -0.25) is 14.4 Å². The van der Waals surface area contributed by atoms with Gasteiger partial charge in [-0.25, -0.2) is 4.79 Å². The number of carbonyl (C=O) groups excluding carboxylic acids is 4. The van der Waals surface area contributed by atoms with E-state index in [0.717, 1.165) is 11.3 Å². The van der Waals surface area contributed by atoms with Gasteiger partial charge < -0.3 is 25.2 Å². The number of unbranched alkanes of at least 4 members (excludes halogenated alkanes) is 1. The van der Waals surface area contributed by atoms with Crippen molar-refractivity contribution in [2.45, 2.75) is 70.6 Å². The van der Waals surface area contributed by atoms with Crippen molar-refractivity contribution in [2.75, 3.05) is 26.2 Å². The molecule has 2 aliphatic rings. The molecule has 45 heavy (non-hydrogen) atoms. The molecule has 3 heterocycles. The number of nitrogens with one attached hydrogen (secondary N) is 2. The number of hydrogen-bond donors (Lipinski definition) is 2. The van der Waals surface area contributed by atoms with Crippen LogP contribution in [0.3, 0.4) is 0 Å². The molecule has 2 aromatic carbocycles. The Kier molecular flexibility index (Phi) is 10.1. The highest BCUT2D eigenvalue weighted by molar-refractivity contribution is 6.00. The van der Waals surface area contributed by atoms with Gasteiger partial charge in [-0.1, -0.05) is 55.5 Å². The second-order valence-corrected chi connectivity index (χ2v) is 11.6. The lowest BCUT2D eigenvalue weighted by Crippen LogP contribution is -2.73. The highest BCUT2D eigenvalue weighted by Crippen LogP contribution is 2.34. The number of rotatable bonds is 11. The van der Waals surface area contributed by atoms with Crippen LogP contribution in [-0.4, -0.2) is 86.4 Å². The van der Waals surface area contributed by atoms with Crippen molar-refractivity contribution in [3.8, 4) is 5.69 Å². The van der Waals surface area contributed by atoms with E-state index >= 15 is 0 Å². The van der Waals surface area contributed by atoms with Crippen LogP contribution in [-0.2, 0) is 20.9 Å². The molecule has 5 rings (SSSR count). The van der Waals surface area contributed by atoms with Crippen molar-refractivity contribution < 1.29 is 23.9 Å². The zero-order valence-electron chi connectivity index (χ0n) is 25.9. The van der Waals surface area contributed by atoms with Gasteiger partial charge in [0.1, 0.15) is 18.2 Å². The summed E-state index contributed by atoms with van der Waals surface area (Å²) in [6.07, 6.45) is 2.69. The average Bonchev–Trinajstić information content (AvgIpc) is 3.46. The smallest absolute Gasteiger partial charge is 0.407 e. The van der Waals surface area contributed by atoms with Crippen LogP contribution in [0.5, 0.6) is 0 Å². The van der Waals surface area contributed by atoms with E-state index in [1.54, 1.807) is 16.7 Å². The van der Waals surface area contributed by atoms with E-state index in [0.29, 0.717) is 70.4 Å². The zero-order valence-corrected chi connectivity index (χ0v) is 25.9. The molecule has 0 radical (unpaired) electrons. The largest absolute Gasteiger partial charge is 0.445 e. The fraction of sp³-hybridized carbons (Fsp3) is 0.455. The summed E-state index contributed by atoms with van der Waals surface area (Å²) < 4.78 is 5.23. The summed E-state index contributed by atoms with van der Waals surface area (Å²) in [6, 6.07) is 18.2. The molecule has 1 atom stereocenters. The van der Waals surface area contributed by atoms with E-state index in [1.807, 2.05) is 67.6 Å². The van der Waals surface area contributed by atoms with Gasteiger partial charge in [0, 0.05) is 26.2 Å². The normalized spacial score (nSPS) is 17.7. The molecule has 0 bridgehead atoms. The summed E-state index contributed by atoms with van der Waals surface area (Å²) in [5.41, 5.74) is 1.50. The lowest BCUT2D eigenvalue weighted by atomic mass is 9.81. The molecule has 0 aliphatic carbocycles. The van der Waals surface area contributed by atoms with Crippen molar-refractivity contribution in [1.29, 1.82) is 0 Å². The molecule has 12 heteroatoms. The monoisotopic (exact) mass is 615 g/mol. The third kappa shape index (κ3) is 7.16. The number of hydrogen-bond acceptors (Lipinski definition) is 7. The molecular weight excluding hydrogens is 574 g/mol. The summed E-state index contributed by atoms with van der Waals surface area (Å²) >= 11 is 0. The molecule has 238 valence electrons. The van der Waals surface area contributed by atoms with Gasteiger partial charge in [0.05, 0.1) is 11.4 Å². The molecule has 1 aromatic heterocycles.